The lowest BCUT2D eigenvalue weighted by Gasteiger charge is -2.24. The molecule has 1 aromatic rings. The van der Waals surface area contributed by atoms with Crippen LogP contribution in [0.3, 0.4) is 0 Å². The van der Waals surface area contributed by atoms with Crippen molar-refractivity contribution in [2.24, 2.45) is 5.41 Å². The van der Waals surface area contributed by atoms with Crippen molar-refractivity contribution < 1.29 is 15.3 Å². The minimum absolute atomic E-state index is 0.156. The highest BCUT2D eigenvalue weighted by Gasteiger charge is 2.24. The number of benzene rings is 1. The maximum absolute atomic E-state index is 8.66. The van der Waals surface area contributed by atoms with Crippen molar-refractivity contribution in [1.82, 2.24) is 0 Å². The number of hydrogen-bond donors (Lipinski definition) is 3. The lowest BCUT2D eigenvalue weighted by Crippen LogP contribution is -2.32. The van der Waals surface area contributed by atoms with E-state index in [1.165, 1.54) is 11.1 Å². The van der Waals surface area contributed by atoms with Crippen LogP contribution in [0.25, 0.3) is 6.08 Å². The van der Waals surface area contributed by atoms with Gasteiger partial charge in [-0.25, -0.2) is 0 Å². The van der Waals surface area contributed by atoms with Gasteiger partial charge in [-0.15, -0.1) is 0 Å². The van der Waals surface area contributed by atoms with E-state index in [1.807, 2.05) is 25.1 Å². The van der Waals surface area contributed by atoms with E-state index in [2.05, 4.69) is 25.6 Å². The highest BCUT2D eigenvalue weighted by atomic mass is 16.3. The Morgan fingerprint density at radius 2 is 1.61 bits per heavy atom. The fourth-order valence-electron chi connectivity index (χ4n) is 1.30. The van der Waals surface area contributed by atoms with Gasteiger partial charge in [-0.3, -0.25) is 0 Å². The van der Waals surface area contributed by atoms with Gasteiger partial charge >= 0.3 is 0 Å². The molecule has 0 heterocycles. The number of hydrogen-bond acceptors (Lipinski definition) is 3. The second kappa shape index (κ2) is 8.86. The normalized spacial score (nSPS) is 10.5. The van der Waals surface area contributed by atoms with Crippen molar-refractivity contribution >= 4 is 6.08 Å². The molecule has 18 heavy (non-hydrogen) atoms. The summed E-state index contributed by atoms with van der Waals surface area (Å²) < 4.78 is 0. The first-order valence-corrected chi connectivity index (χ1v) is 6.09. The standard InChI is InChI=1S/C9H10.C6H14O3/c1-3-9-7-5-4-6-8(9)2;1-2-6(3-7,4-8)5-9/h3-7H,1H2,2H3;7-9H,2-5H2,1H3. The SMILES string of the molecule is C=Cc1ccccc1C.CCC(CO)(CO)CO. The third-order valence-corrected chi connectivity index (χ3v) is 3.16. The summed E-state index contributed by atoms with van der Waals surface area (Å²) in [6.45, 7) is 7.13. The average Bonchev–Trinajstić information content (AvgIpc) is 2.43. The van der Waals surface area contributed by atoms with Crippen LogP contribution in [0.4, 0.5) is 0 Å². The molecule has 0 radical (unpaired) electrons. The third kappa shape index (κ3) is 5.00. The topological polar surface area (TPSA) is 60.7 Å². The molecule has 0 saturated carbocycles. The van der Waals surface area contributed by atoms with Gasteiger partial charge in [0, 0.05) is 5.41 Å². The summed E-state index contributed by atoms with van der Waals surface area (Å²) in [7, 11) is 0. The number of aryl methyl sites for hydroxylation is 1. The maximum atomic E-state index is 8.66. The minimum Gasteiger partial charge on any atom is -0.396 e. The quantitative estimate of drug-likeness (QED) is 0.751. The van der Waals surface area contributed by atoms with Crippen molar-refractivity contribution in [1.29, 1.82) is 0 Å². The molecule has 102 valence electrons. The van der Waals surface area contributed by atoms with E-state index in [4.69, 9.17) is 15.3 Å². The molecular weight excluding hydrogens is 228 g/mol. The second-order valence-electron chi connectivity index (χ2n) is 4.39. The summed E-state index contributed by atoms with van der Waals surface area (Å²) in [4.78, 5) is 0. The van der Waals surface area contributed by atoms with Crippen LogP contribution >= 0.6 is 0 Å². The molecule has 0 spiro atoms. The predicted octanol–water partition coefficient (Wildman–Crippen LogP) is 2.00. The largest absolute Gasteiger partial charge is 0.396 e. The zero-order valence-corrected chi connectivity index (χ0v) is 11.3. The Labute approximate surface area is 109 Å². The molecule has 3 N–H and O–H groups in total. The van der Waals surface area contributed by atoms with Crippen LogP contribution in [0.1, 0.15) is 24.5 Å². The van der Waals surface area contributed by atoms with Gasteiger partial charge in [0.15, 0.2) is 0 Å². The Hall–Kier alpha value is -1.16. The molecular formula is C15H24O3. The Morgan fingerprint density at radius 3 is 1.83 bits per heavy atom. The third-order valence-electron chi connectivity index (χ3n) is 3.16. The smallest absolute Gasteiger partial charge is 0.0531 e. The van der Waals surface area contributed by atoms with Crippen LogP contribution in [-0.2, 0) is 0 Å². The van der Waals surface area contributed by atoms with Gasteiger partial charge < -0.3 is 15.3 Å². The Morgan fingerprint density at radius 1 is 1.11 bits per heavy atom. The molecule has 0 atom stereocenters. The lowest BCUT2D eigenvalue weighted by molar-refractivity contribution is 0.00304. The van der Waals surface area contributed by atoms with E-state index in [1.54, 1.807) is 0 Å². The van der Waals surface area contributed by atoms with Crippen molar-refractivity contribution in [2.75, 3.05) is 19.8 Å². The molecule has 0 bridgehead atoms. The zero-order chi connectivity index (χ0) is 14.0. The summed E-state index contributed by atoms with van der Waals surface area (Å²) >= 11 is 0. The van der Waals surface area contributed by atoms with Gasteiger partial charge in [0.25, 0.3) is 0 Å². The Bertz CT molecular complexity index is 326. The van der Waals surface area contributed by atoms with Gasteiger partial charge in [0.05, 0.1) is 19.8 Å². The van der Waals surface area contributed by atoms with E-state index in [-0.39, 0.29) is 19.8 Å². The van der Waals surface area contributed by atoms with Crippen LogP contribution in [0.15, 0.2) is 30.8 Å². The lowest BCUT2D eigenvalue weighted by atomic mass is 9.88. The van der Waals surface area contributed by atoms with Crippen LogP contribution in [0, 0.1) is 12.3 Å². The van der Waals surface area contributed by atoms with Crippen molar-refractivity contribution in [3.05, 3.63) is 42.0 Å². The molecule has 0 aliphatic carbocycles. The molecule has 0 amide bonds. The van der Waals surface area contributed by atoms with Crippen LogP contribution in [-0.4, -0.2) is 35.1 Å². The van der Waals surface area contributed by atoms with Gasteiger partial charge in [-0.1, -0.05) is 43.8 Å². The highest BCUT2D eigenvalue weighted by molar-refractivity contribution is 5.50. The summed E-state index contributed by atoms with van der Waals surface area (Å²) in [6, 6.07) is 8.19. The van der Waals surface area contributed by atoms with Crippen LogP contribution in [0.2, 0.25) is 0 Å². The van der Waals surface area contributed by atoms with E-state index >= 15 is 0 Å². The van der Waals surface area contributed by atoms with Gasteiger partial charge in [0.1, 0.15) is 0 Å². The molecule has 1 aromatic carbocycles. The maximum Gasteiger partial charge on any atom is 0.0531 e. The first-order chi connectivity index (χ1) is 8.59. The summed E-state index contributed by atoms with van der Waals surface area (Å²) in [5.41, 5.74) is 1.84. The average molecular weight is 252 g/mol. The van der Waals surface area contributed by atoms with E-state index in [0.29, 0.717) is 6.42 Å². The van der Waals surface area contributed by atoms with Crippen LogP contribution in [0.5, 0.6) is 0 Å². The van der Waals surface area contributed by atoms with Crippen LogP contribution < -0.4 is 0 Å². The first-order valence-electron chi connectivity index (χ1n) is 6.09. The molecule has 0 fully saturated rings. The molecule has 0 aliphatic rings. The molecule has 0 aliphatic heterocycles. The van der Waals surface area contributed by atoms with E-state index in [0.717, 1.165) is 0 Å². The van der Waals surface area contributed by atoms with Gasteiger partial charge in [-0.2, -0.15) is 0 Å². The number of aliphatic hydroxyl groups excluding tert-OH is 3. The fraction of sp³-hybridized carbons (Fsp3) is 0.467. The summed E-state index contributed by atoms with van der Waals surface area (Å²) in [6.07, 6.45) is 2.46. The summed E-state index contributed by atoms with van der Waals surface area (Å²) in [5, 5.41) is 26.0. The first kappa shape index (κ1) is 16.8. The number of rotatable bonds is 5. The highest BCUT2D eigenvalue weighted by Crippen LogP contribution is 2.18. The van der Waals surface area contributed by atoms with Crippen molar-refractivity contribution in [3.63, 3.8) is 0 Å². The monoisotopic (exact) mass is 252 g/mol. The molecule has 1 rings (SSSR count). The van der Waals surface area contributed by atoms with Crippen molar-refractivity contribution in [3.8, 4) is 0 Å². The number of aliphatic hydroxyl groups is 3. The summed E-state index contributed by atoms with van der Waals surface area (Å²) in [5.74, 6) is 0. The minimum atomic E-state index is -0.667. The molecule has 0 aromatic heterocycles. The molecule has 3 nitrogen and oxygen atoms in total. The predicted molar refractivity (Wildman–Crippen MR) is 75.3 cm³/mol. The zero-order valence-electron chi connectivity index (χ0n) is 11.3. The Kier molecular flexibility index (Phi) is 8.29. The van der Waals surface area contributed by atoms with E-state index in [9.17, 15) is 0 Å². The van der Waals surface area contributed by atoms with Gasteiger partial charge in [0.2, 0.25) is 0 Å². The van der Waals surface area contributed by atoms with Gasteiger partial charge in [-0.05, 0) is 24.5 Å². The Balaban J connectivity index is 0.000000321. The molecule has 3 heteroatoms. The fourth-order valence-corrected chi connectivity index (χ4v) is 1.30. The van der Waals surface area contributed by atoms with E-state index < -0.39 is 5.41 Å². The molecule has 0 unspecified atom stereocenters. The molecule has 0 saturated heterocycles. The van der Waals surface area contributed by atoms with Crippen molar-refractivity contribution in [2.45, 2.75) is 20.3 Å². The second-order valence-corrected chi connectivity index (χ2v) is 4.39.